The summed E-state index contributed by atoms with van der Waals surface area (Å²) in [6, 6.07) is 34.0. The highest BCUT2D eigenvalue weighted by Gasteiger charge is 2.40. The van der Waals surface area contributed by atoms with E-state index in [1.807, 2.05) is 55.7 Å². The summed E-state index contributed by atoms with van der Waals surface area (Å²) in [5, 5.41) is 0. The van der Waals surface area contributed by atoms with Crippen LogP contribution in [0.5, 0.6) is 28.7 Å². The molecule has 0 unspecified atom stereocenters. The van der Waals surface area contributed by atoms with Crippen molar-refractivity contribution in [2.75, 3.05) is 65.8 Å². The van der Waals surface area contributed by atoms with Crippen molar-refractivity contribution >= 4 is 109 Å². The van der Waals surface area contributed by atoms with Crippen molar-refractivity contribution in [3.63, 3.8) is 0 Å². The second kappa shape index (κ2) is 48.2. The lowest BCUT2D eigenvalue weighted by molar-refractivity contribution is -0.143. The minimum absolute atomic E-state index is 0.0272. The third kappa shape index (κ3) is 27.7. The molecule has 12 heterocycles. The monoisotopic (exact) mass is 2070 g/mol. The van der Waals surface area contributed by atoms with E-state index < -0.39 is 50.1 Å². The number of likely N-dealkylation sites (tertiary alicyclic amines) is 5. The minimum Gasteiger partial charge on any atom is -0.491 e. The number of piperidine rings is 5. The largest absolute Gasteiger partial charge is 0.491 e. The molecule has 2 aliphatic carbocycles. The van der Waals surface area contributed by atoms with Crippen LogP contribution in [0.2, 0.25) is 0 Å². The number of pyridine rings is 2. The van der Waals surface area contributed by atoms with Crippen LogP contribution in [0.25, 0.3) is 0 Å². The first-order valence-electron chi connectivity index (χ1n) is 50.1. The van der Waals surface area contributed by atoms with Gasteiger partial charge < -0.3 is 76.9 Å². The number of amides is 5. The molecule has 42 heteroatoms. The number of sulfonamides is 5. The summed E-state index contributed by atoms with van der Waals surface area (Å²) in [5.41, 5.74) is 37.4. The number of fused-ring (bicyclic) bond motifs is 5. The highest BCUT2D eigenvalue weighted by atomic mass is 32.2. The molecule has 5 saturated heterocycles. The van der Waals surface area contributed by atoms with Gasteiger partial charge in [0.15, 0.2) is 0 Å². The molecule has 7 aromatic rings. The molecule has 19 rings (SSSR count). The van der Waals surface area contributed by atoms with Crippen LogP contribution in [0.15, 0.2) is 162 Å². The maximum Gasteiger partial charge on any atom is 0.259 e. The zero-order valence-corrected chi connectivity index (χ0v) is 85.5. The van der Waals surface area contributed by atoms with E-state index in [9.17, 15) is 66.1 Å². The van der Waals surface area contributed by atoms with Crippen molar-refractivity contribution in [2.24, 2.45) is 62.5 Å². The van der Waals surface area contributed by atoms with E-state index >= 15 is 0 Å². The zero-order chi connectivity index (χ0) is 102. The first-order valence-corrected chi connectivity index (χ1v) is 58.1. The van der Waals surface area contributed by atoms with Crippen LogP contribution >= 0.6 is 0 Å². The van der Waals surface area contributed by atoms with Gasteiger partial charge in [-0.1, -0.05) is 99.3 Å². The number of rotatable bonds is 25. The number of ether oxygens (including phenoxy) is 5. The predicted octanol–water partition coefficient (Wildman–Crippen LogP) is 10.2. The van der Waals surface area contributed by atoms with Crippen LogP contribution in [0.3, 0.4) is 0 Å². The fourth-order valence-corrected chi connectivity index (χ4v) is 26.2. The van der Waals surface area contributed by atoms with E-state index in [2.05, 4.69) is 32.0 Å². The lowest BCUT2D eigenvalue weighted by atomic mass is 9.83. The Morgan fingerprint density at radius 3 is 0.847 bits per heavy atom. The van der Waals surface area contributed by atoms with Gasteiger partial charge in [0, 0.05) is 88.6 Å². The van der Waals surface area contributed by atoms with E-state index in [-0.39, 0.29) is 130 Å². The predicted molar refractivity (Wildman–Crippen MR) is 547 cm³/mol. The number of benzene rings is 5. The Bertz CT molecular complexity index is 6410. The molecule has 144 heavy (non-hydrogen) atoms. The normalized spacial score (nSPS) is 22.0. The molecular weight excluding hydrogens is 1940 g/mol. The van der Waals surface area contributed by atoms with Crippen molar-refractivity contribution in [1.82, 2.24) is 34.5 Å². The van der Waals surface area contributed by atoms with Crippen LogP contribution in [-0.4, -0.2) is 231 Å². The van der Waals surface area contributed by atoms with Gasteiger partial charge in [0.1, 0.15) is 91.0 Å². The summed E-state index contributed by atoms with van der Waals surface area (Å²) in [5.74, 6) is 2.77. The lowest BCUT2D eigenvalue weighted by Gasteiger charge is -2.39. The molecule has 12 aliphatic rings. The maximum atomic E-state index is 13.1. The average molecular weight is 2080 g/mol. The fourth-order valence-electron chi connectivity index (χ4n) is 20.7. The van der Waals surface area contributed by atoms with Gasteiger partial charge in [-0.2, -0.15) is 0 Å². The number of nitrogens with two attached hydrogens (primary N) is 5. The second-order valence-electron chi connectivity index (χ2n) is 38.5. The smallest absolute Gasteiger partial charge is 0.259 e. The highest BCUT2D eigenvalue weighted by Crippen LogP contribution is 2.39. The van der Waals surface area contributed by atoms with Gasteiger partial charge in [-0.25, -0.2) is 42.1 Å². The van der Waals surface area contributed by atoms with Crippen LogP contribution in [-0.2, 0) is 116 Å². The molecular formula is C102H131N17O20S5. The van der Waals surface area contributed by atoms with E-state index in [0.29, 0.717) is 156 Å². The number of aromatic nitrogens is 2. The summed E-state index contributed by atoms with van der Waals surface area (Å²) in [6.07, 6.45) is 34.0. The Labute approximate surface area is 843 Å². The molecule has 2 saturated carbocycles. The molecule has 0 radical (unpaired) electrons. The van der Waals surface area contributed by atoms with Crippen molar-refractivity contribution in [2.45, 2.75) is 252 Å². The molecule has 0 spiro atoms. The third-order valence-corrected chi connectivity index (χ3v) is 33.9. The van der Waals surface area contributed by atoms with Crippen molar-refractivity contribution in [3.05, 3.63) is 207 Å². The summed E-state index contributed by atoms with van der Waals surface area (Å²) in [7, 11) is -17.9. The van der Waals surface area contributed by atoms with Crippen molar-refractivity contribution < 1.29 is 89.7 Å². The van der Waals surface area contributed by atoms with E-state index in [4.69, 9.17) is 52.4 Å². The standard InChI is InChI=1S/2C22H26N4O4S.C21H29N3O4S.C19H25N3O4S.C18H25N3O4S/c23-22-21-17(15-31(28,29)25-22)6-3-8-19(21)30-14-18-7-1-2-12-26(18)20(27)10-9-16-5-4-11-24-13-16;23-22-21-17(15-31(28,29)25-22)4-3-6-19(21)30-14-18-5-1-2-13-26(18)20(27)8-7-16-9-11-24-12-10-16;22-20-19-16(14-29(26,27)23-20)9-6-11-18(19)28-13-17-10-4-5-12-24(17)21(25)15-7-2-1-3-8-15;20-18-17-14(12-27(24,25)21-18)7-4-9-16(17)26-11-15-8-1-2-10-22(15)19(23)13-5-3-6-13;1-2-6-16(22)21-10-4-3-8-14(21)11-25-15-9-5-7-13-12-26(23,24)20-18(19)17(13)15/h3-6,8,11,13,18H,1-2,7,9-10,12,14-15H2,(H2,23,25);3-4,6,9-12,18H,1-2,5,7-8,13-15H2,(H2,23,25);6,9,11,15,17H,1-5,7-8,10,12-14H2,(H2,22,23);4,7,9,13,15H,1-3,5-6,8,10-12H2,(H2,20,21);5,7,9,14H,2-4,6,8,10-12H2,1H3,(H2,19,20)/t2*18-;17-;15-;14-/m11111/s1. The van der Waals surface area contributed by atoms with Gasteiger partial charge in [0.05, 0.1) is 86.8 Å². The molecule has 5 atom stereocenters. The molecule has 5 aromatic carbocycles. The summed E-state index contributed by atoms with van der Waals surface area (Å²) < 4.78 is 167. The Hall–Kier alpha value is -12.2. The number of carbonyl (C=O) groups excluding carboxylic acids is 5. The first kappa shape index (κ1) is 106. The molecule has 2 aromatic heterocycles. The van der Waals surface area contributed by atoms with E-state index in [0.717, 1.165) is 185 Å². The van der Waals surface area contributed by atoms with E-state index in [1.54, 1.807) is 116 Å². The van der Waals surface area contributed by atoms with E-state index in [1.165, 1.54) is 6.42 Å². The van der Waals surface area contributed by atoms with Gasteiger partial charge in [0.25, 0.3) is 50.1 Å². The minimum atomic E-state index is -3.60. The zero-order valence-electron chi connectivity index (χ0n) is 81.4. The quantitative estimate of drug-likeness (QED) is 0.0355. The van der Waals surface area contributed by atoms with Gasteiger partial charge >= 0.3 is 0 Å². The Morgan fingerprint density at radius 2 is 0.569 bits per heavy atom. The Morgan fingerprint density at radius 1 is 0.299 bits per heavy atom. The topological polar surface area (TPSA) is 536 Å². The Kier molecular flexibility index (Phi) is 35.6. The summed E-state index contributed by atoms with van der Waals surface area (Å²) in [6.45, 7) is 7.58. The number of hydrogen-bond acceptors (Lipinski definition) is 27. The highest BCUT2D eigenvalue weighted by molar-refractivity contribution is 7.90. The molecule has 7 fully saturated rings. The average Bonchev–Trinajstić information content (AvgIpc) is 0.791. The molecule has 5 amide bonds. The first-order chi connectivity index (χ1) is 69.2. The lowest BCUT2D eigenvalue weighted by Crippen LogP contribution is -2.50. The molecule has 37 nitrogen and oxygen atoms in total. The van der Waals surface area contributed by atoms with Gasteiger partial charge in [-0.3, -0.25) is 33.9 Å². The van der Waals surface area contributed by atoms with Crippen LogP contribution in [0.1, 0.15) is 247 Å². The maximum absolute atomic E-state index is 13.1. The molecule has 10 aliphatic heterocycles. The van der Waals surface area contributed by atoms with Crippen molar-refractivity contribution in [3.8, 4) is 28.7 Å². The fraction of sp³-hybridized carbons (Fsp3) is 0.510. The SMILES string of the molecule is CCCC(=O)N1CCCC[C@@H]1COc1cccc2c1C(N)=NS(=O)(=O)C2.NC1=NS(=O)(=O)Cc2cccc(OC[C@H]3CCCCN3C(=O)C3CCC3)c21.NC1=NS(=O)(=O)Cc2cccc(OC[C@H]3CCCCN3C(=O)C3CCCCC3)c21.NC1=NS(=O)(=O)Cc2cccc(OC[C@H]3CCCCN3C(=O)CCc3cccnc3)c21.NC1=NS(=O)(=O)Cc2cccc(OC[C@H]3CCCCN3C(=O)CCc3ccncc3)c21. The van der Waals surface area contributed by atoms with Gasteiger partial charge in [0.2, 0.25) is 29.5 Å². The van der Waals surface area contributed by atoms with Gasteiger partial charge in [-0.15, -0.1) is 22.0 Å². The number of amidine groups is 5. The van der Waals surface area contributed by atoms with Crippen LogP contribution in [0, 0.1) is 11.8 Å². The number of nitrogens with zero attached hydrogens (tertiary/aromatic N) is 12. The third-order valence-electron chi connectivity index (χ3n) is 28.1. The summed E-state index contributed by atoms with van der Waals surface area (Å²) >= 11 is 0. The van der Waals surface area contributed by atoms with Crippen LogP contribution in [0.4, 0.5) is 0 Å². The Balaban J connectivity index is 0.000000136. The number of hydrogen-bond donors (Lipinski definition) is 5. The van der Waals surface area contributed by atoms with Crippen molar-refractivity contribution in [1.29, 1.82) is 0 Å². The second-order valence-corrected chi connectivity index (χ2v) is 46.7. The molecule has 10 N–H and O–H groups in total. The summed E-state index contributed by atoms with van der Waals surface area (Å²) in [4.78, 5) is 81.8. The van der Waals surface area contributed by atoms with Crippen LogP contribution < -0.4 is 52.4 Å². The molecule has 774 valence electrons. The molecule has 0 bridgehead atoms. The van der Waals surface area contributed by atoms with Gasteiger partial charge in [-0.05, 0) is 229 Å². The number of carbonyl (C=O) groups is 5. The number of aryl methyl sites for hydroxylation is 2.